The van der Waals surface area contributed by atoms with E-state index in [4.69, 9.17) is 11.6 Å². The molecule has 8 heavy (non-hydrogen) atoms. The molecule has 0 radical (unpaired) electrons. The fraction of sp³-hybridized carbons (Fsp3) is 0. The first-order valence-electron chi connectivity index (χ1n) is 1.95. The van der Waals surface area contributed by atoms with Gasteiger partial charge in [-0.3, -0.25) is 4.98 Å². The van der Waals surface area contributed by atoms with Crippen molar-refractivity contribution in [2.24, 2.45) is 0 Å². The van der Waals surface area contributed by atoms with E-state index < -0.39 is 0 Å². The molecule has 3 heteroatoms. The van der Waals surface area contributed by atoms with Crippen molar-refractivity contribution in [3.05, 3.63) is 29.5 Å². The average molecular weight is 241 g/mol. The zero-order chi connectivity index (χ0) is 5.11. The summed E-state index contributed by atoms with van der Waals surface area (Å²) in [5, 5.41) is 0.683. The van der Waals surface area contributed by atoms with Crippen molar-refractivity contribution >= 4 is 35.6 Å². The minimum absolute atomic E-state index is 0. The van der Waals surface area contributed by atoms with Gasteiger partial charge in [-0.2, -0.15) is 0 Å². The van der Waals surface area contributed by atoms with Crippen LogP contribution in [0.3, 0.4) is 0 Å². The molecule has 0 spiro atoms. The highest BCUT2D eigenvalue weighted by Gasteiger charge is 1.76. The van der Waals surface area contributed by atoms with E-state index in [9.17, 15) is 0 Å². The van der Waals surface area contributed by atoms with Gasteiger partial charge < -0.3 is 0 Å². The van der Waals surface area contributed by atoms with Gasteiger partial charge in [-0.05, 0) is 12.1 Å². The van der Waals surface area contributed by atoms with Crippen LogP contribution in [0.5, 0.6) is 0 Å². The van der Waals surface area contributed by atoms with Gasteiger partial charge in [0.2, 0.25) is 0 Å². The molecule has 1 aromatic heterocycles. The molecule has 0 aliphatic heterocycles. The minimum atomic E-state index is 0. The summed E-state index contributed by atoms with van der Waals surface area (Å²) in [4.78, 5) is 3.75. The Morgan fingerprint density at radius 1 is 1.50 bits per heavy atom. The first-order chi connectivity index (χ1) is 3.39. The second-order valence-electron chi connectivity index (χ2n) is 1.17. The number of hydrogen-bond donors (Lipinski definition) is 0. The van der Waals surface area contributed by atoms with Crippen LogP contribution in [0, 0.1) is 0 Å². The summed E-state index contributed by atoms with van der Waals surface area (Å²) in [5.74, 6) is 0. The number of pyridine rings is 1. The Hall–Kier alpha value is 0.170. The van der Waals surface area contributed by atoms with Gasteiger partial charge in [0.05, 0.1) is 5.02 Å². The van der Waals surface area contributed by atoms with Crippen LogP contribution in [0.1, 0.15) is 0 Å². The number of halogens is 2. The van der Waals surface area contributed by atoms with Gasteiger partial charge >= 0.3 is 0 Å². The lowest BCUT2D eigenvalue weighted by Gasteiger charge is -1.79. The SMILES string of the molecule is Clc1cccnc1.I. The molecule has 1 heterocycles. The maximum atomic E-state index is 5.48. The highest BCUT2D eigenvalue weighted by Crippen LogP contribution is 2.00. The molecule has 1 rings (SSSR count). The van der Waals surface area contributed by atoms with E-state index in [-0.39, 0.29) is 24.0 Å². The molecule has 0 aliphatic rings. The van der Waals surface area contributed by atoms with E-state index in [1.165, 1.54) is 0 Å². The van der Waals surface area contributed by atoms with Gasteiger partial charge in [0.25, 0.3) is 0 Å². The third-order valence-electron chi connectivity index (χ3n) is 0.625. The molecule has 0 N–H and O–H groups in total. The Bertz CT molecular complexity index is 142. The van der Waals surface area contributed by atoms with E-state index >= 15 is 0 Å². The van der Waals surface area contributed by atoms with E-state index in [0.717, 1.165) is 0 Å². The van der Waals surface area contributed by atoms with Crippen LogP contribution in [0.25, 0.3) is 0 Å². The van der Waals surface area contributed by atoms with Gasteiger partial charge in [-0.15, -0.1) is 24.0 Å². The molecule has 0 saturated carbocycles. The van der Waals surface area contributed by atoms with E-state index in [1.54, 1.807) is 24.5 Å². The first-order valence-corrected chi connectivity index (χ1v) is 2.33. The van der Waals surface area contributed by atoms with Gasteiger partial charge in [-0.25, -0.2) is 0 Å². The molecule has 1 aromatic rings. The van der Waals surface area contributed by atoms with E-state index in [1.807, 2.05) is 0 Å². The summed E-state index contributed by atoms with van der Waals surface area (Å²) >= 11 is 5.48. The van der Waals surface area contributed by atoms with Crippen LogP contribution in [0.15, 0.2) is 24.5 Å². The number of hydrogen-bond acceptors (Lipinski definition) is 1. The Morgan fingerprint density at radius 3 is 2.50 bits per heavy atom. The van der Waals surface area contributed by atoms with Crippen molar-refractivity contribution < 1.29 is 0 Å². The fourth-order valence-electron chi connectivity index (χ4n) is 0.342. The maximum Gasteiger partial charge on any atom is 0.0589 e. The maximum absolute atomic E-state index is 5.48. The van der Waals surface area contributed by atoms with Crippen LogP contribution >= 0.6 is 35.6 Å². The van der Waals surface area contributed by atoms with Crippen LogP contribution < -0.4 is 0 Å². The highest BCUT2D eigenvalue weighted by atomic mass is 127. The lowest BCUT2D eigenvalue weighted by Crippen LogP contribution is -1.64. The monoisotopic (exact) mass is 241 g/mol. The molecule has 0 fully saturated rings. The summed E-state index contributed by atoms with van der Waals surface area (Å²) < 4.78 is 0. The van der Waals surface area contributed by atoms with Gasteiger partial charge in [0, 0.05) is 12.4 Å². The highest BCUT2D eigenvalue weighted by molar-refractivity contribution is 14.0. The topological polar surface area (TPSA) is 12.9 Å². The lowest BCUT2D eigenvalue weighted by molar-refractivity contribution is 1.33. The van der Waals surface area contributed by atoms with Crippen LogP contribution in [-0.4, -0.2) is 4.98 Å². The summed E-state index contributed by atoms with van der Waals surface area (Å²) in [5.41, 5.74) is 0. The minimum Gasteiger partial charge on any atom is -0.263 e. The van der Waals surface area contributed by atoms with Gasteiger partial charge in [0.15, 0.2) is 0 Å². The fourth-order valence-corrected chi connectivity index (χ4v) is 0.471. The second-order valence-corrected chi connectivity index (χ2v) is 1.61. The third-order valence-corrected chi connectivity index (χ3v) is 0.849. The third kappa shape index (κ3) is 2.47. The summed E-state index contributed by atoms with van der Waals surface area (Å²) in [7, 11) is 0. The molecule has 1 nitrogen and oxygen atoms in total. The summed E-state index contributed by atoms with van der Waals surface area (Å²) in [6.45, 7) is 0. The molecule has 0 aromatic carbocycles. The number of rotatable bonds is 0. The predicted octanol–water partition coefficient (Wildman–Crippen LogP) is 2.35. The van der Waals surface area contributed by atoms with Crippen molar-refractivity contribution in [1.29, 1.82) is 0 Å². The smallest absolute Gasteiger partial charge is 0.0589 e. The van der Waals surface area contributed by atoms with Crippen LogP contribution in [0.4, 0.5) is 0 Å². The normalized spacial score (nSPS) is 7.62. The van der Waals surface area contributed by atoms with Crippen molar-refractivity contribution in [2.75, 3.05) is 0 Å². The predicted molar refractivity (Wildman–Crippen MR) is 44.7 cm³/mol. The molecule has 0 atom stereocenters. The standard InChI is InChI=1S/C5H4ClN.HI/c6-5-2-1-3-7-4-5;/h1-4H;1H. The lowest BCUT2D eigenvalue weighted by atomic mass is 10.5. The van der Waals surface area contributed by atoms with E-state index in [2.05, 4.69) is 4.98 Å². The second kappa shape index (κ2) is 4.09. The Balaban J connectivity index is 0.000000490. The molecule has 0 unspecified atom stereocenters. The first kappa shape index (κ1) is 8.17. The van der Waals surface area contributed by atoms with Crippen molar-refractivity contribution in [3.63, 3.8) is 0 Å². The quantitative estimate of drug-likeness (QED) is 0.636. The summed E-state index contributed by atoms with van der Waals surface area (Å²) in [6.07, 6.45) is 3.29. The zero-order valence-corrected chi connectivity index (χ0v) is 7.13. The molecule has 0 saturated heterocycles. The molecule has 0 amide bonds. The summed E-state index contributed by atoms with van der Waals surface area (Å²) in [6, 6.07) is 3.58. The van der Waals surface area contributed by atoms with Crippen LogP contribution in [0.2, 0.25) is 5.02 Å². The molecular weight excluding hydrogens is 236 g/mol. The van der Waals surface area contributed by atoms with Crippen molar-refractivity contribution in [1.82, 2.24) is 4.98 Å². The Labute approximate surface area is 70.1 Å². The number of nitrogens with zero attached hydrogens (tertiary/aromatic N) is 1. The molecular formula is C5H5ClIN. The average Bonchev–Trinajstić information content (AvgIpc) is 1.69. The Morgan fingerprint density at radius 2 is 2.25 bits per heavy atom. The van der Waals surface area contributed by atoms with Crippen molar-refractivity contribution in [2.45, 2.75) is 0 Å². The van der Waals surface area contributed by atoms with Gasteiger partial charge in [0.1, 0.15) is 0 Å². The number of aromatic nitrogens is 1. The molecule has 44 valence electrons. The van der Waals surface area contributed by atoms with E-state index in [0.29, 0.717) is 5.02 Å². The van der Waals surface area contributed by atoms with Gasteiger partial charge in [-0.1, -0.05) is 11.6 Å². The zero-order valence-electron chi connectivity index (χ0n) is 4.04. The largest absolute Gasteiger partial charge is 0.263 e. The Kier molecular flexibility index (Phi) is 4.18. The van der Waals surface area contributed by atoms with Crippen molar-refractivity contribution in [3.8, 4) is 0 Å². The molecule has 0 bridgehead atoms. The molecule has 0 aliphatic carbocycles. The van der Waals surface area contributed by atoms with Crippen LogP contribution in [-0.2, 0) is 0 Å².